The summed E-state index contributed by atoms with van der Waals surface area (Å²) in [6, 6.07) is 6.59. The third kappa shape index (κ3) is 5.11. The van der Waals surface area contributed by atoms with E-state index in [1.54, 1.807) is 28.8 Å². The number of hydrogen-bond acceptors (Lipinski definition) is 7. The van der Waals surface area contributed by atoms with Crippen molar-refractivity contribution < 1.29 is 19.1 Å². The van der Waals surface area contributed by atoms with Crippen LogP contribution in [0.3, 0.4) is 0 Å². The molecule has 8 nitrogen and oxygen atoms in total. The second kappa shape index (κ2) is 10.6. The molecule has 0 spiro atoms. The second-order valence-corrected chi connectivity index (χ2v) is 9.51. The molecular formula is C26H29N3O5S. The fourth-order valence-electron chi connectivity index (χ4n) is 4.41. The van der Waals surface area contributed by atoms with Gasteiger partial charge in [0.05, 0.1) is 42.0 Å². The van der Waals surface area contributed by atoms with Crippen LogP contribution in [0.1, 0.15) is 44.9 Å². The highest BCUT2D eigenvalue weighted by Gasteiger charge is 2.22. The third-order valence-corrected chi connectivity index (χ3v) is 7.25. The molecule has 0 radical (unpaired) electrons. The van der Waals surface area contributed by atoms with Crippen molar-refractivity contribution in [2.75, 3.05) is 19.5 Å². The van der Waals surface area contributed by atoms with Crippen molar-refractivity contribution in [2.24, 2.45) is 0 Å². The first-order chi connectivity index (χ1) is 16.8. The molecule has 1 fully saturated rings. The number of aromatic nitrogens is 3. The molecule has 3 aromatic rings. The van der Waals surface area contributed by atoms with Gasteiger partial charge < -0.3 is 14.0 Å². The Kier molecular flexibility index (Phi) is 7.57. The van der Waals surface area contributed by atoms with Crippen molar-refractivity contribution in [3.05, 3.63) is 69.8 Å². The lowest BCUT2D eigenvalue weighted by Gasteiger charge is -2.16. The molecule has 1 aliphatic heterocycles. The van der Waals surface area contributed by atoms with Gasteiger partial charge in [0.25, 0.3) is 5.56 Å². The number of esters is 1. The van der Waals surface area contributed by atoms with E-state index in [1.165, 1.54) is 18.9 Å². The van der Waals surface area contributed by atoms with Gasteiger partial charge >= 0.3 is 5.97 Å². The molecule has 3 heterocycles. The van der Waals surface area contributed by atoms with Crippen LogP contribution in [0.4, 0.5) is 0 Å². The SMILES string of the molecule is C=CCn1c(C)cc(C(=O)CSc2nc3cc(C(=O)OC)ccc3c(=O)n2C[C@H]2CCCO2)c1C. The number of allylic oxidation sites excluding steroid dienone is 1. The maximum atomic E-state index is 13.4. The molecule has 1 aromatic carbocycles. The minimum absolute atomic E-state index is 0.0419. The summed E-state index contributed by atoms with van der Waals surface area (Å²) in [5.74, 6) is -0.422. The zero-order valence-corrected chi connectivity index (χ0v) is 21.0. The molecule has 184 valence electrons. The number of hydrogen-bond donors (Lipinski definition) is 0. The number of nitrogens with zero attached hydrogens (tertiary/aromatic N) is 3. The summed E-state index contributed by atoms with van der Waals surface area (Å²) in [6.07, 6.45) is 3.54. The van der Waals surface area contributed by atoms with E-state index in [9.17, 15) is 14.4 Å². The highest BCUT2D eigenvalue weighted by atomic mass is 32.2. The van der Waals surface area contributed by atoms with Gasteiger partial charge in [-0.05, 0) is 51.0 Å². The lowest BCUT2D eigenvalue weighted by Crippen LogP contribution is -2.29. The Bertz CT molecular complexity index is 1350. The Balaban J connectivity index is 1.69. The van der Waals surface area contributed by atoms with Gasteiger partial charge in [-0.3, -0.25) is 14.2 Å². The molecule has 1 atom stereocenters. The largest absolute Gasteiger partial charge is 0.465 e. The number of rotatable bonds is 9. The number of aryl methyl sites for hydroxylation is 1. The van der Waals surface area contributed by atoms with Crippen LogP contribution in [0, 0.1) is 13.8 Å². The van der Waals surface area contributed by atoms with Crippen molar-refractivity contribution in [1.29, 1.82) is 0 Å². The van der Waals surface area contributed by atoms with Crippen LogP contribution in [0.2, 0.25) is 0 Å². The minimum Gasteiger partial charge on any atom is -0.465 e. The monoisotopic (exact) mass is 495 g/mol. The number of ether oxygens (including phenoxy) is 2. The van der Waals surface area contributed by atoms with Crippen LogP contribution in [0.15, 0.2) is 46.9 Å². The van der Waals surface area contributed by atoms with Gasteiger partial charge in [0.1, 0.15) is 0 Å². The van der Waals surface area contributed by atoms with Crippen LogP contribution in [-0.4, -0.2) is 51.4 Å². The topological polar surface area (TPSA) is 92.4 Å². The molecule has 1 saturated heterocycles. The van der Waals surface area contributed by atoms with Crippen molar-refractivity contribution in [3.63, 3.8) is 0 Å². The fraction of sp³-hybridized carbons (Fsp3) is 0.385. The van der Waals surface area contributed by atoms with Crippen LogP contribution >= 0.6 is 11.8 Å². The highest BCUT2D eigenvalue weighted by molar-refractivity contribution is 7.99. The Labute approximate surface area is 207 Å². The Hall–Kier alpha value is -3.17. The zero-order valence-electron chi connectivity index (χ0n) is 20.2. The quantitative estimate of drug-likeness (QED) is 0.146. The molecule has 0 N–H and O–H groups in total. The van der Waals surface area contributed by atoms with Gasteiger partial charge in [0.2, 0.25) is 0 Å². The van der Waals surface area contributed by atoms with Crippen molar-refractivity contribution in [1.82, 2.24) is 14.1 Å². The summed E-state index contributed by atoms with van der Waals surface area (Å²) in [4.78, 5) is 43.2. The van der Waals surface area contributed by atoms with E-state index in [1.807, 2.05) is 24.5 Å². The predicted molar refractivity (Wildman–Crippen MR) is 135 cm³/mol. The molecule has 0 bridgehead atoms. The maximum Gasteiger partial charge on any atom is 0.337 e. The summed E-state index contributed by atoms with van der Waals surface area (Å²) in [5.41, 5.74) is 3.01. The molecular weight excluding hydrogens is 466 g/mol. The molecule has 0 aliphatic carbocycles. The van der Waals surface area contributed by atoms with E-state index in [0.29, 0.717) is 46.9 Å². The standard InChI is InChI=1S/C26H29N3O5S/c1-5-10-28-16(2)12-21(17(28)3)23(30)15-35-26-27-22-13-18(25(32)33-4)8-9-20(22)24(31)29(26)14-19-7-6-11-34-19/h5,8-9,12-13,19H,1,6-7,10-11,14-15H2,2-4H3/t19-/m1/s1. The average molecular weight is 496 g/mol. The number of Topliss-reactive ketones (excluding diaryl/α,β-unsaturated/α-hetero) is 1. The van der Waals surface area contributed by atoms with E-state index in [-0.39, 0.29) is 23.2 Å². The number of thioether (sulfide) groups is 1. The maximum absolute atomic E-state index is 13.4. The van der Waals surface area contributed by atoms with Gasteiger partial charge in [-0.1, -0.05) is 17.8 Å². The third-order valence-electron chi connectivity index (χ3n) is 6.27. The summed E-state index contributed by atoms with van der Waals surface area (Å²) >= 11 is 1.22. The zero-order chi connectivity index (χ0) is 25.1. The second-order valence-electron chi connectivity index (χ2n) is 8.56. The lowest BCUT2D eigenvalue weighted by molar-refractivity contribution is 0.0600. The van der Waals surface area contributed by atoms with E-state index in [0.717, 1.165) is 24.2 Å². The fourth-order valence-corrected chi connectivity index (χ4v) is 5.30. The summed E-state index contributed by atoms with van der Waals surface area (Å²) in [5, 5.41) is 0.826. The number of methoxy groups -OCH3 is 1. The number of fused-ring (bicyclic) bond motifs is 1. The summed E-state index contributed by atoms with van der Waals surface area (Å²) < 4.78 is 14.2. The molecule has 0 unspecified atom stereocenters. The van der Waals surface area contributed by atoms with Gasteiger partial charge in [0, 0.05) is 30.1 Å². The van der Waals surface area contributed by atoms with E-state index < -0.39 is 5.97 Å². The molecule has 4 rings (SSSR count). The number of carbonyl (C=O) groups is 2. The van der Waals surface area contributed by atoms with Gasteiger partial charge in [-0.2, -0.15) is 0 Å². The van der Waals surface area contributed by atoms with Crippen LogP contribution in [0.25, 0.3) is 10.9 Å². The number of benzene rings is 1. The van der Waals surface area contributed by atoms with E-state index >= 15 is 0 Å². The molecule has 0 amide bonds. The first kappa shape index (κ1) is 24.9. The number of carbonyl (C=O) groups excluding carboxylic acids is 2. The Morgan fingerprint density at radius 2 is 2.09 bits per heavy atom. The van der Waals surface area contributed by atoms with Gasteiger partial charge in [-0.15, -0.1) is 6.58 Å². The molecule has 0 saturated carbocycles. The van der Waals surface area contributed by atoms with E-state index in [2.05, 4.69) is 11.6 Å². The van der Waals surface area contributed by atoms with Crippen molar-refractivity contribution in [2.45, 2.75) is 51.0 Å². The normalized spacial score (nSPS) is 15.5. The van der Waals surface area contributed by atoms with Crippen LogP contribution < -0.4 is 5.56 Å². The van der Waals surface area contributed by atoms with Crippen molar-refractivity contribution >= 4 is 34.4 Å². The minimum atomic E-state index is -0.503. The molecule has 1 aliphatic rings. The first-order valence-corrected chi connectivity index (χ1v) is 12.5. The summed E-state index contributed by atoms with van der Waals surface area (Å²) in [7, 11) is 1.30. The van der Waals surface area contributed by atoms with Gasteiger partial charge in [0.15, 0.2) is 10.9 Å². The highest BCUT2D eigenvalue weighted by Crippen LogP contribution is 2.24. The first-order valence-electron chi connectivity index (χ1n) is 11.5. The van der Waals surface area contributed by atoms with E-state index in [4.69, 9.17) is 9.47 Å². The summed E-state index contributed by atoms with van der Waals surface area (Å²) in [6.45, 7) is 9.34. The molecule has 35 heavy (non-hydrogen) atoms. The average Bonchev–Trinajstić information content (AvgIpc) is 3.47. The predicted octanol–water partition coefficient (Wildman–Crippen LogP) is 3.94. The van der Waals surface area contributed by atoms with Crippen LogP contribution in [0.5, 0.6) is 0 Å². The van der Waals surface area contributed by atoms with Crippen molar-refractivity contribution in [3.8, 4) is 0 Å². The lowest BCUT2D eigenvalue weighted by atomic mass is 10.1. The smallest absolute Gasteiger partial charge is 0.337 e. The Morgan fingerprint density at radius 1 is 1.29 bits per heavy atom. The molecule has 9 heteroatoms. The Morgan fingerprint density at radius 3 is 2.77 bits per heavy atom. The van der Waals surface area contributed by atoms with Gasteiger partial charge in [-0.25, -0.2) is 9.78 Å². The molecule has 2 aromatic heterocycles. The number of ketones is 1. The van der Waals surface area contributed by atoms with Crippen LogP contribution in [-0.2, 0) is 22.6 Å².